The average molecular weight is 433 g/mol. The standard InChI is InChI=1S/C18H20N6O3S2/c19-15-13-16(21-8-20-15)24(9-22-13)17-14(26)12(11(6-25)27-17)23-18(28)29-7-10-4-2-1-3-5-10/h1-5,8-9,11-12,14,17,25-26H,6-7H2,(H,23,28)(H2,19,20,21)/t11-,12+,14-,17+/m1/s1. The van der Waals surface area contributed by atoms with Crippen molar-refractivity contribution in [2.45, 2.75) is 30.2 Å². The molecule has 0 radical (unpaired) electrons. The summed E-state index contributed by atoms with van der Waals surface area (Å²) in [7, 11) is 0. The van der Waals surface area contributed by atoms with E-state index in [0.29, 0.717) is 21.2 Å². The first kappa shape index (κ1) is 20.0. The Hall–Kier alpha value is -2.31. The molecule has 0 bridgehead atoms. The highest BCUT2D eigenvalue weighted by Gasteiger charge is 2.45. The zero-order chi connectivity index (χ0) is 20.4. The third-order valence-corrected chi connectivity index (χ3v) is 6.04. The van der Waals surface area contributed by atoms with Crippen molar-refractivity contribution in [1.29, 1.82) is 0 Å². The maximum Gasteiger partial charge on any atom is 0.167 e. The van der Waals surface area contributed by atoms with Crippen LogP contribution in [-0.4, -0.2) is 58.9 Å². The summed E-state index contributed by atoms with van der Waals surface area (Å²) < 4.78 is 7.98. The predicted molar refractivity (Wildman–Crippen MR) is 114 cm³/mol. The van der Waals surface area contributed by atoms with Crippen molar-refractivity contribution in [3.8, 4) is 0 Å². The SMILES string of the molecule is Nc1ncnc2c1ncn2[C@H]1O[C@H](CO)[C@H](NC(=S)SCc2ccccc2)[C@H]1O. The van der Waals surface area contributed by atoms with E-state index >= 15 is 0 Å². The van der Waals surface area contributed by atoms with Crippen LogP contribution in [0.25, 0.3) is 11.2 Å². The number of nitrogens with one attached hydrogen (secondary N) is 1. The van der Waals surface area contributed by atoms with Gasteiger partial charge in [-0.15, -0.1) is 0 Å². The number of aromatic nitrogens is 4. The van der Waals surface area contributed by atoms with Gasteiger partial charge in [-0.05, 0) is 5.56 Å². The van der Waals surface area contributed by atoms with E-state index < -0.39 is 24.5 Å². The van der Waals surface area contributed by atoms with Crippen molar-refractivity contribution in [2.75, 3.05) is 12.3 Å². The van der Waals surface area contributed by atoms with Crippen LogP contribution in [-0.2, 0) is 10.5 Å². The second-order valence-corrected chi connectivity index (χ2v) is 8.21. The van der Waals surface area contributed by atoms with Crippen molar-refractivity contribution < 1.29 is 14.9 Å². The number of fused-ring (bicyclic) bond motifs is 1. The third-order valence-electron chi connectivity index (χ3n) is 4.71. The number of thiocarbonyl (C=S) groups is 1. The van der Waals surface area contributed by atoms with Crippen LogP contribution in [0, 0.1) is 0 Å². The summed E-state index contributed by atoms with van der Waals surface area (Å²) in [4.78, 5) is 12.3. The van der Waals surface area contributed by atoms with E-state index in [0.717, 1.165) is 5.56 Å². The third kappa shape index (κ3) is 4.05. The largest absolute Gasteiger partial charge is 0.394 e. The Bertz CT molecular complexity index is 1000. The number of thioether (sulfide) groups is 1. The quantitative estimate of drug-likeness (QED) is 0.430. The number of benzene rings is 1. The van der Waals surface area contributed by atoms with Gasteiger partial charge in [0.15, 0.2) is 17.7 Å². The lowest BCUT2D eigenvalue weighted by molar-refractivity contribution is -0.0489. The van der Waals surface area contributed by atoms with Crippen LogP contribution in [0.4, 0.5) is 5.82 Å². The van der Waals surface area contributed by atoms with E-state index in [4.69, 9.17) is 22.7 Å². The van der Waals surface area contributed by atoms with Crippen molar-refractivity contribution in [1.82, 2.24) is 24.8 Å². The molecule has 152 valence electrons. The minimum Gasteiger partial charge on any atom is -0.394 e. The molecule has 29 heavy (non-hydrogen) atoms. The molecule has 3 aromatic rings. The second kappa shape index (κ2) is 8.59. The van der Waals surface area contributed by atoms with Gasteiger partial charge < -0.3 is 26.0 Å². The number of anilines is 1. The number of rotatable bonds is 5. The van der Waals surface area contributed by atoms with Gasteiger partial charge in [-0.3, -0.25) is 4.57 Å². The number of hydrogen-bond acceptors (Lipinski definition) is 9. The fraction of sp³-hybridized carbons (Fsp3) is 0.333. The fourth-order valence-corrected chi connectivity index (χ4v) is 4.29. The highest BCUT2D eigenvalue weighted by atomic mass is 32.2. The van der Waals surface area contributed by atoms with Gasteiger partial charge in [0, 0.05) is 5.75 Å². The van der Waals surface area contributed by atoms with Crippen molar-refractivity contribution in [2.24, 2.45) is 0 Å². The summed E-state index contributed by atoms with van der Waals surface area (Å²) in [6.07, 6.45) is 0.373. The molecule has 4 atom stereocenters. The molecular formula is C18H20N6O3S2. The molecule has 1 fully saturated rings. The van der Waals surface area contributed by atoms with E-state index in [1.54, 1.807) is 4.57 Å². The van der Waals surface area contributed by atoms with Gasteiger partial charge in [-0.1, -0.05) is 54.3 Å². The van der Waals surface area contributed by atoms with Crippen LogP contribution in [0.2, 0.25) is 0 Å². The predicted octanol–water partition coefficient (Wildman–Crippen LogP) is 0.836. The van der Waals surface area contributed by atoms with Crippen LogP contribution < -0.4 is 11.1 Å². The van der Waals surface area contributed by atoms with Gasteiger partial charge in [0.25, 0.3) is 0 Å². The summed E-state index contributed by atoms with van der Waals surface area (Å²) >= 11 is 6.87. The second-order valence-electron chi connectivity index (χ2n) is 6.55. The van der Waals surface area contributed by atoms with Crippen LogP contribution in [0.5, 0.6) is 0 Å². The zero-order valence-electron chi connectivity index (χ0n) is 15.3. The van der Waals surface area contributed by atoms with E-state index in [1.807, 2.05) is 30.3 Å². The molecule has 1 aliphatic rings. The van der Waals surface area contributed by atoms with Crippen molar-refractivity contribution in [3.63, 3.8) is 0 Å². The van der Waals surface area contributed by atoms with Gasteiger partial charge in [-0.25, -0.2) is 15.0 Å². The first-order valence-corrected chi connectivity index (χ1v) is 10.3. The maximum absolute atomic E-state index is 10.9. The van der Waals surface area contributed by atoms with Gasteiger partial charge in [-0.2, -0.15) is 0 Å². The Labute approximate surface area is 176 Å². The normalized spacial score (nSPS) is 24.1. The van der Waals surface area contributed by atoms with Crippen molar-refractivity contribution in [3.05, 3.63) is 48.5 Å². The minimum atomic E-state index is -0.990. The van der Waals surface area contributed by atoms with Gasteiger partial charge >= 0.3 is 0 Å². The number of ether oxygens (including phenoxy) is 1. The number of hydrogen-bond donors (Lipinski definition) is 4. The van der Waals surface area contributed by atoms with Crippen LogP contribution in [0.1, 0.15) is 11.8 Å². The lowest BCUT2D eigenvalue weighted by Crippen LogP contribution is -2.47. The lowest BCUT2D eigenvalue weighted by Gasteiger charge is -2.22. The Morgan fingerprint density at radius 2 is 2.07 bits per heavy atom. The Morgan fingerprint density at radius 1 is 1.28 bits per heavy atom. The molecule has 1 saturated heterocycles. The summed E-state index contributed by atoms with van der Waals surface area (Å²) in [5, 5.41) is 23.8. The van der Waals surface area contributed by atoms with E-state index in [1.165, 1.54) is 24.4 Å². The molecule has 9 nitrogen and oxygen atoms in total. The Balaban J connectivity index is 1.47. The van der Waals surface area contributed by atoms with E-state index in [2.05, 4.69) is 20.3 Å². The molecular weight excluding hydrogens is 412 g/mol. The Morgan fingerprint density at radius 3 is 2.83 bits per heavy atom. The number of imidazole rings is 1. The molecule has 2 aromatic heterocycles. The summed E-state index contributed by atoms with van der Waals surface area (Å²) in [5.74, 6) is 0.944. The van der Waals surface area contributed by atoms with Crippen LogP contribution in [0.3, 0.4) is 0 Å². The van der Waals surface area contributed by atoms with Gasteiger partial charge in [0.05, 0.1) is 19.0 Å². The maximum atomic E-state index is 10.9. The summed E-state index contributed by atoms with van der Waals surface area (Å²) in [6.45, 7) is -0.277. The smallest absolute Gasteiger partial charge is 0.167 e. The first-order valence-electron chi connectivity index (χ1n) is 8.93. The minimum absolute atomic E-state index is 0.244. The average Bonchev–Trinajstić information content (AvgIpc) is 3.29. The number of nitrogen functional groups attached to an aromatic ring is 1. The highest BCUT2D eigenvalue weighted by Crippen LogP contribution is 2.32. The first-order chi connectivity index (χ1) is 14.1. The lowest BCUT2D eigenvalue weighted by atomic mass is 10.1. The molecule has 1 aromatic carbocycles. The van der Waals surface area contributed by atoms with E-state index in [-0.39, 0.29) is 12.4 Å². The van der Waals surface area contributed by atoms with Crippen molar-refractivity contribution >= 4 is 45.3 Å². The number of nitrogens with zero attached hydrogens (tertiary/aromatic N) is 4. The molecule has 0 amide bonds. The van der Waals surface area contributed by atoms with Gasteiger partial charge in [0.1, 0.15) is 28.4 Å². The van der Waals surface area contributed by atoms with Crippen LogP contribution in [0.15, 0.2) is 43.0 Å². The van der Waals surface area contributed by atoms with E-state index in [9.17, 15) is 10.2 Å². The topological polar surface area (TPSA) is 131 Å². The number of nitrogens with two attached hydrogens (primary N) is 1. The monoisotopic (exact) mass is 432 g/mol. The molecule has 0 saturated carbocycles. The zero-order valence-corrected chi connectivity index (χ0v) is 16.9. The highest BCUT2D eigenvalue weighted by molar-refractivity contribution is 8.22. The molecule has 0 aliphatic carbocycles. The Kier molecular flexibility index (Phi) is 5.92. The van der Waals surface area contributed by atoms with Gasteiger partial charge in [0.2, 0.25) is 0 Å². The fourth-order valence-electron chi connectivity index (χ4n) is 3.26. The molecule has 3 heterocycles. The summed E-state index contributed by atoms with van der Waals surface area (Å²) in [5.41, 5.74) is 7.84. The molecule has 0 unspecified atom stereocenters. The van der Waals surface area contributed by atoms with Crippen LogP contribution >= 0.6 is 24.0 Å². The summed E-state index contributed by atoms with van der Waals surface area (Å²) in [6, 6.07) is 9.36. The molecule has 4 rings (SSSR count). The molecule has 0 spiro atoms. The molecule has 1 aliphatic heterocycles. The molecule has 5 N–H and O–H groups in total. The molecule has 11 heteroatoms. The number of aliphatic hydroxyl groups is 2. The number of aliphatic hydroxyl groups excluding tert-OH is 2.